The first kappa shape index (κ1) is 42.8. The van der Waals surface area contributed by atoms with Crippen LogP contribution in [0.3, 0.4) is 0 Å². The highest BCUT2D eigenvalue weighted by Crippen LogP contribution is 2.23. The van der Waals surface area contributed by atoms with Crippen LogP contribution in [0.1, 0.15) is 43.7 Å². The number of nitrogens with one attached hydrogen (secondary N) is 5. The number of carbonyl (C=O) groups is 5. The topological polar surface area (TPSA) is 184 Å². The van der Waals surface area contributed by atoms with E-state index in [-0.39, 0.29) is 56.4 Å². The zero-order valence-corrected chi connectivity index (χ0v) is 31.5. The first-order chi connectivity index (χ1) is 25.6. The molecule has 0 unspecified atom stereocenters. The lowest BCUT2D eigenvalue weighted by atomic mass is 9.99. The predicted molar refractivity (Wildman–Crippen MR) is 205 cm³/mol. The minimum absolute atomic E-state index is 0.0697. The first-order valence-electron chi connectivity index (χ1n) is 17.8. The maximum Gasteiger partial charge on any atom is 0.243 e. The third-order valence-corrected chi connectivity index (χ3v) is 9.08. The maximum atomic E-state index is 13.5. The second-order valence-electron chi connectivity index (χ2n) is 12.7. The lowest BCUT2D eigenvalue weighted by Crippen LogP contribution is -2.54. The Labute approximate surface area is 316 Å². The molecule has 3 rings (SSSR count). The van der Waals surface area contributed by atoms with Crippen LogP contribution in [0.15, 0.2) is 79.4 Å². The molecule has 0 aromatic heterocycles. The van der Waals surface area contributed by atoms with Crippen LogP contribution in [-0.4, -0.2) is 97.4 Å². The summed E-state index contributed by atoms with van der Waals surface area (Å²) in [4.78, 5) is 65.3. The summed E-state index contributed by atoms with van der Waals surface area (Å²) in [5, 5.41) is 23.6. The maximum absolute atomic E-state index is 13.5. The summed E-state index contributed by atoms with van der Waals surface area (Å²) in [5.74, 6) is -1.63. The Morgan fingerprint density at radius 3 is 2.19 bits per heavy atom. The van der Waals surface area contributed by atoms with Gasteiger partial charge in [0.05, 0.1) is 12.7 Å². The minimum atomic E-state index is -0.956. The fourth-order valence-corrected chi connectivity index (χ4v) is 6.13. The number of rotatable bonds is 22. The third kappa shape index (κ3) is 15.1. The van der Waals surface area contributed by atoms with E-state index in [1.807, 2.05) is 43.5 Å². The average molecular weight is 752 g/mol. The van der Waals surface area contributed by atoms with Crippen molar-refractivity contribution < 1.29 is 38.6 Å². The number of likely N-dealkylation sites (N-methyl/N-ethyl adjacent to an activating group) is 1. The molecule has 0 saturated carbocycles. The van der Waals surface area contributed by atoms with E-state index in [0.29, 0.717) is 18.6 Å². The highest BCUT2D eigenvalue weighted by Gasteiger charge is 2.32. The van der Waals surface area contributed by atoms with Gasteiger partial charge >= 0.3 is 0 Å². The van der Waals surface area contributed by atoms with Gasteiger partial charge in [0, 0.05) is 45.2 Å². The Morgan fingerprint density at radius 2 is 1.55 bits per heavy atom. The quantitative estimate of drug-likeness (QED) is 0.0985. The number of phenolic OH excluding ortho intramolecular Hbond substituents is 1. The fraction of sp³-hybridized carbons (Fsp3) is 0.462. The third-order valence-electron chi connectivity index (χ3n) is 8.44. The van der Waals surface area contributed by atoms with E-state index >= 15 is 0 Å². The van der Waals surface area contributed by atoms with E-state index in [4.69, 9.17) is 9.47 Å². The van der Waals surface area contributed by atoms with Gasteiger partial charge in [-0.1, -0.05) is 67.6 Å². The van der Waals surface area contributed by atoms with Crippen molar-refractivity contribution in [3.63, 3.8) is 0 Å². The van der Waals surface area contributed by atoms with Gasteiger partial charge in [-0.25, -0.2) is 0 Å². The number of aromatic hydroxyl groups is 1. The molecule has 5 amide bonds. The van der Waals surface area contributed by atoms with Crippen molar-refractivity contribution in [2.24, 2.45) is 5.92 Å². The van der Waals surface area contributed by atoms with Gasteiger partial charge in [-0.15, -0.1) is 6.58 Å². The molecule has 0 fully saturated rings. The summed E-state index contributed by atoms with van der Waals surface area (Å²) in [5.41, 5.74) is 1.60. The second-order valence-corrected chi connectivity index (χ2v) is 13.7. The molecule has 1 aliphatic heterocycles. The molecule has 6 N–H and O–H groups in total. The van der Waals surface area contributed by atoms with E-state index in [2.05, 4.69) is 33.2 Å². The Hall–Kier alpha value is -4.66. The Bertz CT molecular complexity index is 1520. The van der Waals surface area contributed by atoms with Gasteiger partial charge in [-0.3, -0.25) is 24.0 Å². The van der Waals surface area contributed by atoms with Crippen LogP contribution in [-0.2, 0) is 46.3 Å². The number of amides is 5. The number of hydrogen-bond donors (Lipinski definition) is 6. The van der Waals surface area contributed by atoms with Crippen LogP contribution in [0.25, 0.3) is 0 Å². The summed E-state index contributed by atoms with van der Waals surface area (Å²) in [6.07, 6.45) is 7.23. The van der Waals surface area contributed by atoms with Crippen molar-refractivity contribution in [1.29, 1.82) is 0 Å². The van der Waals surface area contributed by atoms with Crippen LogP contribution in [0.4, 0.5) is 0 Å². The molecule has 1 aliphatic rings. The summed E-state index contributed by atoms with van der Waals surface area (Å²) >= 11 is 1.56. The van der Waals surface area contributed by atoms with E-state index in [1.54, 1.807) is 42.1 Å². The molecule has 0 radical (unpaired) electrons. The van der Waals surface area contributed by atoms with Crippen LogP contribution >= 0.6 is 11.8 Å². The standard InChI is InChI=1S/C39H53N5O8S/c1-5-10-34(46)42-32(23-27-13-16-29(45)17-14-27)37(49)41-25-30-18-15-28(39(52-30)51-20-6-2)24-35(47)43-33(22-26-11-8-7-9-12-26)38(50)44-31(19-21-53-4)36(48)40-3/h6-9,11-18,28,30-33,39,45H,2,5,10,19-25H2,1,3-4H3,(H,40,48)(H,41,49)(H,42,46)(H,43,47)(H,44,50)/t28-,30+,31+,32+,33+,39+/m1/s1. The molecule has 2 aromatic rings. The minimum Gasteiger partial charge on any atom is -0.508 e. The van der Waals surface area contributed by atoms with Crippen molar-refractivity contribution in [2.45, 2.75) is 76.0 Å². The van der Waals surface area contributed by atoms with Gasteiger partial charge in [0.15, 0.2) is 6.29 Å². The molecule has 0 aliphatic carbocycles. The largest absolute Gasteiger partial charge is 0.508 e. The number of ether oxygens (including phenoxy) is 2. The Kier molecular flexibility index (Phi) is 18.6. The van der Waals surface area contributed by atoms with Crippen molar-refractivity contribution >= 4 is 41.3 Å². The van der Waals surface area contributed by atoms with E-state index in [1.165, 1.54) is 19.2 Å². The van der Waals surface area contributed by atoms with Crippen LogP contribution in [0, 0.1) is 5.92 Å². The molecule has 1 heterocycles. The first-order valence-corrected chi connectivity index (χ1v) is 19.2. The zero-order valence-electron chi connectivity index (χ0n) is 30.7. The molecule has 14 heteroatoms. The number of hydrogen-bond acceptors (Lipinski definition) is 9. The van der Waals surface area contributed by atoms with Crippen molar-refractivity contribution in [3.8, 4) is 5.75 Å². The monoisotopic (exact) mass is 751 g/mol. The number of thioether (sulfide) groups is 1. The lowest BCUT2D eigenvalue weighted by Gasteiger charge is -2.32. The molecule has 2 aromatic carbocycles. The molecule has 0 spiro atoms. The zero-order chi connectivity index (χ0) is 38.6. The summed E-state index contributed by atoms with van der Waals surface area (Å²) in [6.45, 7) is 5.80. The summed E-state index contributed by atoms with van der Waals surface area (Å²) in [6, 6.07) is 13.1. The molecule has 13 nitrogen and oxygen atoms in total. The molecular weight excluding hydrogens is 699 g/mol. The van der Waals surface area contributed by atoms with Crippen molar-refractivity contribution in [1.82, 2.24) is 26.6 Å². The SMILES string of the molecule is C=CCO[C@H]1O[C@H](CNC(=O)[C@H](Cc2ccc(O)cc2)NC(=O)CCC)C=C[C@@H]1CC(=O)N[C@@H](Cc1ccccc1)C(=O)N[C@@H](CCSC)C(=O)NC. The van der Waals surface area contributed by atoms with E-state index < -0.39 is 54.2 Å². The highest BCUT2D eigenvalue weighted by atomic mass is 32.2. The smallest absolute Gasteiger partial charge is 0.243 e. The predicted octanol–water partition coefficient (Wildman–Crippen LogP) is 2.54. The van der Waals surface area contributed by atoms with E-state index in [9.17, 15) is 29.1 Å². The van der Waals surface area contributed by atoms with Crippen LogP contribution in [0.2, 0.25) is 0 Å². The summed E-state index contributed by atoms with van der Waals surface area (Å²) < 4.78 is 12.1. The molecule has 0 saturated heterocycles. The normalized spacial score (nSPS) is 18.1. The van der Waals surface area contributed by atoms with Crippen LogP contribution in [0.5, 0.6) is 5.75 Å². The molecular formula is C39H53N5O8S. The Balaban J connectivity index is 1.69. The number of benzene rings is 2. The number of phenols is 1. The molecule has 53 heavy (non-hydrogen) atoms. The van der Waals surface area contributed by atoms with Crippen molar-refractivity contribution in [2.75, 3.05) is 32.2 Å². The fourth-order valence-electron chi connectivity index (χ4n) is 5.65. The van der Waals surface area contributed by atoms with Gasteiger partial charge in [0.1, 0.15) is 23.9 Å². The average Bonchev–Trinajstić information content (AvgIpc) is 3.15. The van der Waals surface area contributed by atoms with Gasteiger partial charge in [0.25, 0.3) is 0 Å². The molecule has 0 bridgehead atoms. The van der Waals surface area contributed by atoms with E-state index in [0.717, 1.165) is 11.1 Å². The van der Waals surface area contributed by atoms with Crippen LogP contribution < -0.4 is 26.6 Å². The highest BCUT2D eigenvalue weighted by molar-refractivity contribution is 7.98. The number of carbonyl (C=O) groups excluding carboxylic acids is 5. The molecule has 6 atom stereocenters. The molecule has 288 valence electrons. The van der Waals surface area contributed by atoms with Gasteiger partial charge in [0.2, 0.25) is 29.5 Å². The van der Waals surface area contributed by atoms with Crippen molar-refractivity contribution in [3.05, 3.63) is 90.5 Å². The summed E-state index contributed by atoms with van der Waals surface area (Å²) in [7, 11) is 1.51. The van der Waals surface area contributed by atoms with Gasteiger partial charge in [-0.2, -0.15) is 11.8 Å². The Morgan fingerprint density at radius 1 is 0.887 bits per heavy atom. The second kappa shape index (κ2) is 23.1. The van der Waals surface area contributed by atoms with Gasteiger partial charge < -0.3 is 41.2 Å². The lowest BCUT2D eigenvalue weighted by molar-refractivity contribution is -0.182. The van der Waals surface area contributed by atoms with Gasteiger partial charge in [-0.05, 0) is 48.1 Å².